The predicted octanol–water partition coefficient (Wildman–Crippen LogP) is 4.41. The van der Waals surface area contributed by atoms with Gasteiger partial charge in [0.1, 0.15) is 11.5 Å². The number of rotatable bonds is 6. The van der Waals surface area contributed by atoms with E-state index >= 15 is 0 Å². The summed E-state index contributed by atoms with van der Waals surface area (Å²) < 4.78 is 10.8. The molecule has 1 aromatic heterocycles. The molecule has 3 aromatic carbocycles. The summed E-state index contributed by atoms with van der Waals surface area (Å²) in [7, 11) is 4.95. The number of aromatic amines is 1. The van der Waals surface area contributed by atoms with Crippen molar-refractivity contribution in [3.63, 3.8) is 0 Å². The Morgan fingerprint density at radius 3 is 2.57 bits per heavy atom. The lowest BCUT2D eigenvalue weighted by Gasteiger charge is -2.39. The Labute approximate surface area is 203 Å². The minimum atomic E-state index is -0.586. The van der Waals surface area contributed by atoms with Gasteiger partial charge < -0.3 is 24.7 Å². The lowest BCUT2D eigenvalue weighted by atomic mass is 9.79. The largest absolute Gasteiger partial charge is 0.497 e. The number of methoxy groups -OCH3 is 2. The van der Waals surface area contributed by atoms with Crippen LogP contribution in [0.25, 0.3) is 10.9 Å². The number of nitrogens with one attached hydrogen (secondary N) is 2. The molecule has 0 bridgehead atoms. The van der Waals surface area contributed by atoms with Gasteiger partial charge in [-0.15, -0.1) is 0 Å². The first-order valence-electron chi connectivity index (χ1n) is 11.4. The number of hydrogen-bond acceptors (Lipinski definition) is 4. The Morgan fingerprint density at radius 1 is 1.00 bits per heavy atom. The molecule has 1 aliphatic rings. The summed E-state index contributed by atoms with van der Waals surface area (Å²) in [5.41, 5.74) is 3.98. The van der Waals surface area contributed by atoms with Crippen LogP contribution < -0.4 is 14.8 Å². The Balaban J connectivity index is 1.54. The average molecular weight is 470 g/mol. The number of amides is 2. The van der Waals surface area contributed by atoms with Crippen molar-refractivity contribution in [3.05, 3.63) is 95.2 Å². The SMILES string of the molecule is COc1ccc(CNC(=O)C2c3ccccc3C(=O)N(C)C2c2c[nH]c3ccccc23)c(OC)c1. The maximum atomic E-state index is 13.8. The maximum absolute atomic E-state index is 13.8. The van der Waals surface area contributed by atoms with Crippen molar-refractivity contribution in [1.29, 1.82) is 0 Å². The van der Waals surface area contributed by atoms with Crippen LogP contribution in [-0.4, -0.2) is 43.0 Å². The number of carbonyl (C=O) groups is 2. The lowest BCUT2D eigenvalue weighted by molar-refractivity contribution is -0.124. The van der Waals surface area contributed by atoms with Gasteiger partial charge in [0.2, 0.25) is 5.91 Å². The topological polar surface area (TPSA) is 83.7 Å². The standard InChI is InChI=1S/C28H27N3O4/c1-31-26(22-16-29-23-11-7-6-8-19(22)23)25(20-9-4-5-10-21(20)28(31)33)27(32)30-15-17-12-13-18(34-2)14-24(17)35-3/h4-14,16,25-26,29H,15H2,1-3H3,(H,30,32). The van der Waals surface area contributed by atoms with E-state index in [-0.39, 0.29) is 18.4 Å². The Kier molecular flexibility index (Phi) is 5.91. The van der Waals surface area contributed by atoms with E-state index < -0.39 is 12.0 Å². The molecular weight excluding hydrogens is 442 g/mol. The lowest BCUT2D eigenvalue weighted by Crippen LogP contribution is -2.45. The van der Waals surface area contributed by atoms with E-state index in [0.717, 1.165) is 27.6 Å². The van der Waals surface area contributed by atoms with Crippen molar-refractivity contribution in [2.45, 2.75) is 18.5 Å². The molecule has 7 nitrogen and oxygen atoms in total. The van der Waals surface area contributed by atoms with Crippen molar-refractivity contribution in [1.82, 2.24) is 15.2 Å². The van der Waals surface area contributed by atoms with Crippen LogP contribution in [0.1, 0.15) is 39.0 Å². The molecule has 2 atom stereocenters. The smallest absolute Gasteiger partial charge is 0.254 e. The van der Waals surface area contributed by atoms with E-state index in [1.165, 1.54) is 0 Å². The predicted molar refractivity (Wildman–Crippen MR) is 134 cm³/mol. The summed E-state index contributed by atoms with van der Waals surface area (Å²) >= 11 is 0. The van der Waals surface area contributed by atoms with Gasteiger partial charge >= 0.3 is 0 Å². The highest BCUT2D eigenvalue weighted by atomic mass is 16.5. The molecule has 0 saturated carbocycles. The average Bonchev–Trinajstić information content (AvgIpc) is 3.32. The van der Waals surface area contributed by atoms with Crippen LogP contribution in [0, 0.1) is 0 Å². The molecule has 4 aromatic rings. The zero-order chi connectivity index (χ0) is 24.5. The third-order valence-corrected chi connectivity index (χ3v) is 6.75. The molecule has 1 aliphatic heterocycles. The summed E-state index contributed by atoms with van der Waals surface area (Å²) in [4.78, 5) is 32.1. The van der Waals surface area contributed by atoms with Gasteiger partial charge in [0.25, 0.3) is 5.91 Å². The number of fused-ring (bicyclic) bond motifs is 2. The third-order valence-electron chi connectivity index (χ3n) is 6.75. The first kappa shape index (κ1) is 22.5. The van der Waals surface area contributed by atoms with Crippen LogP contribution in [-0.2, 0) is 11.3 Å². The Bertz CT molecular complexity index is 1410. The molecule has 178 valence electrons. The second-order valence-corrected chi connectivity index (χ2v) is 8.61. The number of carbonyl (C=O) groups excluding carboxylic acids is 2. The number of likely N-dealkylation sites (N-methyl/N-ethyl adjacent to an activating group) is 1. The number of hydrogen-bond donors (Lipinski definition) is 2. The van der Waals surface area contributed by atoms with Gasteiger partial charge in [-0.25, -0.2) is 0 Å². The highest BCUT2D eigenvalue weighted by molar-refractivity contribution is 6.02. The molecule has 0 saturated heterocycles. The van der Waals surface area contributed by atoms with Gasteiger partial charge in [0.15, 0.2) is 0 Å². The second kappa shape index (κ2) is 9.18. The Hall–Kier alpha value is -4.26. The van der Waals surface area contributed by atoms with Crippen LogP contribution in [0.15, 0.2) is 72.9 Å². The molecule has 7 heteroatoms. The van der Waals surface area contributed by atoms with Crippen molar-refractivity contribution < 1.29 is 19.1 Å². The molecule has 0 aliphatic carbocycles. The molecule has 0 spiro atoms. The fourth-order valence-electron chi connectivity index (χ4n) is 4.97. The minimum absolute atomic E-state index is 0.100. The molecule has 35 heavy (non-hydrogen) atoms. The minimum Gasteiger partial charge on any atom is -0.497 e. The number of H-pyrrole nitrogens is 1. The fourth-order valence-corrected chi connectivity index (χ4v) is 4.97. The normalized spacial score (nSPS) is 17.2. The highest BCUT2D eigenvalue weighted by Crippen LogP contribution is 2.44. The van der Waals surface area contributed by atoms with Crippen LogP contribution >= 0.6 is 0 Å². The number of aromatic nitrogens is 1. The van der Waals surface area contributed by atoms with Crippen molar-refractivity contribution in [2.75, 3.05) is 21.3 Å². The van der Waals surface area contributed by atoms with Gasteiger partial charge in [-0.1, -0.05) is 36.4 Å². The molecule has 2 unspecified atom stereocenters. The van der Waals surface area contributed by atoms with E-state index in [0.29, 0.717) is 17.1 Å². The van der Waals surface area contributed by atoms with E-state index in [1.54, 1.807) is 38.3 Å². The quantitative estimate of drug-likeness (QED) is 0.438. The third kappa shape index (κ3) is 3.89. The van der Waals surface area contributed by atoms with E-state index in [4.69, 9.17) is 9.47 Å². The number of para-hydroxylation sites is 1. The molecule has 2 N–H and O–H groups in total. The van der Waals surface area contributed by atoms with Crippen LogP contribution in [0.5, 0.6) is 11.5 Å². The number of benzene rings is 3. The number of ether oxygens (including phenoxy) is 2. The second-order valence-electron chi connectivity index (χ2n) is 8.61. The molecular formula is C28H27N3O4. The summed E-state index contributed by atoms with van der Waals surface area (Å²) in [6.45, 7) is 0.281. The van der Waals surface area contributed by atoms with Gasteiger partial charge in [-0.05, 0) is 29.8 Å². The van der Waals surface area contributed by atoms with Crippen LogP contribution in [0.2, 0.25) is 0 Å². The van der Waals surface area contributed by atoms with E-state index in [1.807, 2.05) is 60.8 Å². The van der Waals surface area contributed by atoms with Gasteiger partial charge in [-0.3, -0.25) is 9.59 Å². The molecule has 5 rings (SSSR count). The Morgan fingerprint density at radius 2 is 1.77 bits per heavy atom. The van der Waals surface area contributed by atoms with Gasteiger partial charge in [0, 0.05) is 53.4 Å². The first-order chi connectivity index (χ1) is 17.0. The summed E-state index contributed by atoms with van der Waals surface area (Å²) in [6.07, 6.45) is 1.90. The van der Waals surface area contributed by atoms with Crippen molar-refractivity contribution >= 4 is 22.7 Å². The zero-order valence-corrected chi connectivity index (χ0v) is 19.9. The fraction of sp³-hybridized carbons (Fsp3) is 0.214. The van der Waals surface area contributed by atoms with Gasteiger partial charge in [0.05, 0.1) is 26.2 Å². The maximum Gasteiger partial charge on any atom is 0.254 e. The monoisotopic (exact) mass is 469 g/mol. The van der Waals surface area contributed by atoms with E-state index in [9.17, 15) is 9.59 Å². The molecule has 2 amide bonds. The highest BCUT2D eigenvalue weighted by Gasteiger charge is 2.43. The zero-order valence-electron chi connectivity index (χ0n) is 19.9. The van der Waals surface area contributed by atoms with Crippen LogP contribution in [0.4, 0.5) is 0 Å². The van der Waals surface area contributed by atoms with Crippen LogP contribution in [0.3, 0.4) is 0 Å². The van der Waals surface area contributed by atoms with Crippen molar-refractivity contribution in [3.8, 4) is 11.5 Å². The molecule has 2 heterocycles. The van der Waals surface area contributed by atoms with Gasteiger partial charge in [-0.2, -0.15) is 0 Å². The summed E-state index contributed by atoms with van der Waals surface area (Å²) in [5, 5.41) is 4.08. The first-order valence-corrected chi connectivity index (χ1v) is 11.4. The van der Waals surface area contributed by atoms with E-state index in [2.05, 4.69) is 10.3 Å². The molecule has 0 fully saturated rings. The molecule has 0 radical (unpaired) electrons. The number of nitrogens with zero attached hydrogens (tertiary/aromatic N) is 1. The summed E-state index contributed by atoms with van der Waals surface area (Å²) in [6, 6.07) is 20.3. The van der Waals surface area contributed by atoms with Crippen molar-refractivity contribution in [2.24, 2.45) is 0 Å². The summed E-state index contributed by atoms with van der Waals surface area (Å²) in [5.74, 6) is 0.464.